The van der Waals surface area contributed by atoms with Crippen molar-refractivity contribution in [3.63, 3.8) is 0 Å². The quantitative estimate of drug-likeness (QED) is 0.384. The van der Waals surface area contributed by atoms with Gasteiger partial charge in [0.25, 0.3) is 0 Å². The summed E-state index contributed by atoms with van der Waals surface area (Å²) in [6, 6.07) is 0. The number of hydrogen-bond donors (Lipinski definition) is 3. The van der Waals surface area contributed by atoms with Crippen molar-refractivity contribution >= 4 is 0 Å². The van der Waals surface area contributed by atoms with E-state index in [9.17, 15) is 0 Å². The summed E-state index contributed by atoms with van der Waals surface area (Å²) in [5.74, 6) is 0. The van der Waals surface area contributed by atoms with Crippen LogP contribution in [0.15, 0.2) is 0 Å². The van der Waals surface area contributed by atoms with Crippen LogP contribution in [0.3, 0.4) is 0 Å². The molecule has 3 N–H and O–H groups in total. The Labute approximate surface area is 109 Å². The molecule has 0 saturated heterocycles. The van der Waals surface area contributed by atoms with E-state index in [4.69, 9.17) is 13.6 Å². The third-order valence-electron chi connectivity index (χ3n) is 1.40. The molecule has 0 aliphatic carbocycles. The zero-order chi connectivity index (χ0) is 13.1. The zero-order valence-electron chi connectivity index (χ0n) is 11.3. The third-order valence-corrected chi connectivity index (χ3v) is 4.44. The minimum atomic E-state index is -3.81. The van der Waals surface area contributed by atoms with Crippen LogP contribution in [0, 0.1) is 0 Å². The van der Waals surface area contributed by atoms with Gasteiger partial charge in [-0.25, -0.2) is 0 Å². The molecule has 0 amide bonds. The van der Waals surface area contributed by atoms with Gasteiger partial charge in [-0.2, -0.15) is 0 Å². The second kappa shape index (κ2) is 10.4. The van der Waals surface area contributed by atoms with Crippen LogP contribution < -0.4 is 16.4 Å². The van der Waals surface area contributed by atoms with Gasteiger partial charge in [-0.15, -0.1) is 0 Å². The predicted octanol–water partition coefficient (Wildman–Crippen LogP) is 0.849. The molecule has 0 spiro atoms. The molecular formula is C9H25N3O4Ti. The fourth-order valence-corrected chi connectivity index (χ4v) is 3.73. The van der Waals surface area contributed by atoms with Crippen molar-refractivity contribution in [1.82, 2.24) is 16.4 Å². The van der Waals surface area contributed by atoms with Crippen molar-refractivity contribution in [2.45, 2.75) is 40.7 Å². The normalized spacial score (nSPS) is 12.4. The summed E-state index contributed by atoms with van der Waals surface area (Å²) in [6.45, 7) is 11.5. The molecule has 0 bridgehead atoms. The molecule has 0 unspecified atom stereocenters. The summed E-state index contributed by atoms with van der Waals surface area (Å²) in [5, 5.41) is 0. The first-order valence-corrected chi connectivity index (χ1v) is 8.55. The van der Waals surface area contributed by atoms with E-state index in [1.807, 2.05) is 34.6 Å². The van der Waals surface area contributed by atoms with E-state index in [2.05, 4.69) is 16.4 Å². The van der Waals surface area contributed by atoms with Gasteiger partial charge in [-0.1, -0.05) is 0 Å². The van der Waals surface area contributed by atoms with Crippen molar-refractivity contribution in [3.8, 4) is 0 Å². The molecular weight excluding hydrogens is 262 g/mol. The van der Waals surface area contributed by atoms with Gasteiger partial charge in [0.1, 0.15) is 0 Å². The Bertz CT molecular complexity index is 164. The van der Waals surface area contributed by atoms with Crippen LogP contribution in [0.2, 0.25) is 0 Å². The van der Waals surface area contributed by atoms with E-state index in [0.717, 1.165) is 0 Å². The summed E-state index contributed by atoms with van der Waals surface area (Å²) < 4.78 is 22.0. The molecule has 0 aromatic heterocycles. The Morgan fingerprint density at radius 1 is 0.824 bits per heavy atom. The molecule has 0 saturated carbocycles. The van der Waals surface area contributed by atoms with Crippen LogP contribution in [-0.2, 0) is 31.7 Å². The first-order chi connectivity index (χ1) is 8.10. The van der Waals surface area contributed by atoms with E-state index in [0.29, 0.717) is 19.6 Å². The van der Waals surface area contributed by atoms with Gasteiger partial charge in [0, 0.05) is 0 Å². The van der Waals surface area contributed by atoms with E-state index >= 15 is 0 Å². The van der Waals surface area contributed by atoms with Crippen LogP contribution >= 0.6 is 0 Å². The summed E-state index contributed by atoms with van der Waals surface area (Å²) >= 11 is -3.81. The summed E-state index contributed by atoms with van der Waals surface area (Å²) in [5.41, 5.74) is 8.22. The number of rotatable bonds is 11. The first-order valence-electron chi connectivity index (χ1n) is 6.00. The SMILES string of the molecule is CCN[O][Ti]([O]NCC)([O]NCC)[O]C(C)C. The predicted molar refractivity (Wildman–Crippen MR) is 60.5 cm³/mol. The zero-order valence-corrected chi connectivity index (χ0v) is 12.9. The van der Waals surface area contributed by atoms with Crippen molar-refractivity contribution in [3.05, 3.63) is 0 Å². The molecule has 0 rings (SSSR count). The molecule has 0 atom stereocenters. The minimum absolute atomic E-state index is 0.0500. The van der Waals surface area contributed by atoms with Crippen molar-refractivity contribution < 1.29 is 31.7 Å². The van der Waals surface area contributed by atoms with E-state index in [1.165, 1.54) is 0 Å². The Morgan fingerprint density at radius 3 is 1.41 bits per heavy atom. The van der Waals surface area contributed by atoms with E-state index < -0.39 is 18.1 Å². The van der Waals surface area contributed by atoms with Crippen LogP contribution in [0.1, 0.15) is 34.6 Å². The number of hydrogen-bond acceptors (Lipinski definition) is 7. The average molecular weight is 287 g/mol. The first kappa shape index (κ1) is 17.4. The summed E-state index contributed by atoms with van der Waals surface area (Å²) in [4.78, 5) is 0. The molecule has 17 heavy (non-hydrogen) atoms. The standard InChI is InChI=1S/C3H7O.3C2H6NO.Ti/c1-3(2)4;3*1-2-3-4;/h3H,1-2H3;3*3H,2H2,1H3;/q4*-1;+4. The number of hydroxylamine groups is 3. The van der Waals surface area contributed by atoms with Gasteiger partial charge in [0.15, 0.2) is 0 Å². The molecule has 0 radical (unpaired) electrons. The Kier molecular flexibility index (Phi) is 10.6. The maximum absolute atomic E-state index is 5.68. The molecule has 0 aliphatic heterocycles. The van der Waals surface area contributed by atoms with Crippen LogP contribution in [0.4, 0.5) is 0 Å². The second-order valence-corrected chi connectivity index (χ2v) is 6.35. The molecule has 0 aromatic rings. The van der Waals surface area contributed by atoms with Gasteiger partial charge < -0.3 is 0 Å². The van der Waals surface area contributed by atoms with Gasteiger partial charge in [-0.05, 0) is 0 Å². The summed E-state index contributed by atoms with van der Waals surface area (Å²) in [7, 11) is 0. The van der Waals surface area contributed by atoms with Crippen LogP contribution in [0.5, 0.6) is 0 Å². The second-order valence-electron chi connectivity index (χ2n) is 3.47. The molecule has 0 heterocycles. The number of nitrogens with one attached hydrogen (secondary N) is 3. The molecule has 0 fully saturated rings. The van der Waals surface area contributed by atoms with Crippen molar-refractivity contribution in [2.75, 3.05) is 19.6 Å². The van der Waals surface area contributed by atoms with Crippen molar-refractivity contribution in [2.24, 2.45) is 0 Å². The average Bonchev–Trinajstić information content (AvgIpc) is 2.30. The van der Waals surface area contributed by atoms with Gasteiger partial charge >= 0.3 is 109 Å². The van der Waals surface area contributed by atoms with E-state index in [1.54, 1.807) is 0 Å². The molecule has 0 aliphatic rings. The third kappa shape index (κ3) is 8.20. The van der Waals surface area contributed by atoms with Gasteiger partial charge in [-0.3, -0.25) is 0 Å². The van der Waals surface area contributed by atoms with Crippen LogP contribution in [0.25, 0.3) is 0 Å². The Hall–Kier alpha value is 0.434. The van der Waals surface area contributed by atoms with Gasteiger partial charge in [0.2, 0.25) is 0 Å². The Morgan fingerprint density at radius 2 is 1.18 bits per heavy atom. The molecule has 8 heteroatoms. The maximum atomic E-state index is 5.68. The fourth-order valence-electron chi connectivity index (χ4n) is 0.905. The molecule has 7 nitrogen and oxygen atoms in total. The summed E-state index contributed by atoms with van der Waals surface area (Å²) in [6.07, 6.45) is -0.0500. The molecule has 0 aromatic carbocycles. The van der Waals surface area contributed by atoms with E-state index in [-0.39, 0.29) is 6.10 Å². The fraction of sp³-hybridized carbons (Fsp3) is 1.00. The van der Waals surface area contributed by atoms with Crippen LogP contribution in [-0.4, -0.2) is 25.7 Å². The van der Waals surface area contributed by atoms with Gasteiger partial charge in [0.05, 0.1) is 0 Å². The Balaban J connectivity index is 4.51. The monoisotopic (exact) mass is 287 g/mol. The van der Waals surface area contributed by atoms with Crippen molar-refractivity contribution in [1.29, 1.82) is 0 Å². The molecule has 104 valence electrons. The topological polar surface area (TPSA) is 73.0 Å².